The van der Waals surface area contributed by atoms with Gasteiger partial charge in [0.1, 0.15) is 0 Å². The van der Waals surface area contributed by atoms with Gasteiger partial charge < -0.3 is 0 Å². The fourth-order valence-electron chi connectivity index (χ4n) is 2.31. The van der Waals surface area contributed by atoms with Crippen molar-refractivity contribution in [2.24, 2.45) is 0 Å². The highest BCUT2D eigenvalue weighted by atomic mass is 14.7. The summed E-state index contributed by atoms with van der Waals surface area (Å²) in [5, 5.41) is 2.56. The Bertz CT molecular complexity index is 602. The lowest BCUT2D eigenvalue weighted by Gasteiger charge is -2.08. The average Bonchev–Trinajstić information content (AvgIpc) is 2.36. The molecule has 0 saturated carbocycles. The number of aryl methyl sites for hydroxylation is 1. The lowest BCUT2D eigenvalue weighted by molar-refractivity contribution is 1.17. The molecule has 0 fully saturated rings. The van der Waals surface area contributed by atoms with E-state index in [0.29, 0.717) is 0 Å². The van der Waals surface area contributed by atoms with Crippen LogP contribution in [0.25, 0.3) is 21.8 Å². The summed E-state index contributed by atoms with van der Waals surface area (Å²) in [5.74, 6) is 0. The number of para-hydroxylation sites is 2. The Balaban J connectivity index is 2.56. The van der Waals surface area contributed by atoms with Gasteiger partial charge in [-0.25, -0.2) is 4.98 Å². The highest BCUT2D eigenvalue weighted by Gasteiger charge is 2.05. The van der Waals surface area contributed by atoms with Crippen LogP contribution in [-0.2, 0) is 6.42 Å². The van der Waals surface area contributed by atoms with Crippen LogP contribution in [0.1, 0.15) is 12.5 Å². The average molecular weight is 207 g/mol. The maximum absolute atomic E-state index is 4.69. The van der Waals surface area contributed by atoms with Crippen LogP contribution in [0.3, 0.4) is 0 Å². The van der Waals surface area contributed by atoms with E-state index in [9.17, 15) is 0 Å². The predicted octanol–water partition coefficient (Wildman–Crippen LogP) is 3.95. The van der Waals surface area contributed by atoms with Crippen LogP contribution < -0.4 is 0 Å². The molecule has 78 valence electrons. The second-order valence-corrected chi connectivity index (χ2v) is 3.98. The first-order valence-electron chi connectivity index (χ1n) is 5.66. The third-order valence-corrected chi connectivity index (χ3v) is 3.05. The summed E-state index contributed by atoms with van der Waals surface area (Å²) in [6.45, 7) is 2.20. The number of aromatic nitrogens is 1. The molecule has 1 aromatic heterocycles. The van der Waals surface area contributed by atoms with Crippen LogP contribution in [-0.4, -0.2) is 4.98 Å². The Morgan fingerprint density at radius 3 is 1.81 bits per heavy atom. The maximum atomic E-state index is 4.69. The van der Waals surface area contributed by atoms with Crippen molar-refractivity contribution in [3.63, 3.8) is 0 Å². The topological polar surface area (TPSA) is 12.9 Å². The van der Waals surface area contributed by atoms with Crippen molar-refractivity contribution >= 4 is 21.8 Å². The molecule has 0 atom stereocenters. The Hall–Kier alpha value is -1.89. The summed E-state index contributed by atoms with van der Waals surface area (Å²) >= 11 is 0. The number of benzene rings is 2. The van der Waals surface area contributed by atoms with Crippen LogP contribution in [0.15, 0.2) is 48.5 Å². The minimum Gasteiger partial charge on any atom is -0.248 e. The number of nitrogens with zero attached hydrogens (tertiary/aromatic N) is 1. The Kier molecular flexibility index (Phi) is 2.10. The third-order valence-electron chi connectivity index (χ3n) is 3.05. The molecule has 0 unspecified atom stereocenters. The fraction of sp³-hybridized carbons (Fsp3) is 0.133. The lowest BCUT2D eigenvalue weighted by atomic mass is 10.0. The standard InChI is InChI=1S/C15H13N/c1-2-11-12-7-3-5-9-14(12)16-15-10-6-4-8-13(11)15/h3-10H,2H2,1H3. The van der Waals surface area contributed by atoms with Crippen molar-refractivity contribution in [1.29, 1.82) is 0 Å². The molecule has 0 spiro atoms. The first-order valence-corrected chi connectivity index (χ1v) is 5.66. The molecule has 0 aliphatic rings. The third kappa shape index (κ3) is 1.28. The molecule has 0 bridgehead atoms. The Morgan fingerprint density at radius 2 is 1.31 bits per heavy atom. The molecule has 1 heterocycles. The molecule has 2 aromatic carbocycles. The van der Waals surface area contributed by atoms with Gasteiger partial charge in [0.2, 0.25) is 0 Å². The lowest BCUT2D eigenvalue weighted by Crippen LogP contribution is -1.90. The number of rotatable bonds is 1. The van der Waals surface area contributed by atoms with Gasteiger partial charge >= 0.3 is 0 Å². The van der Waals surface area contributed by atoms with Gasteiger partial charge in [-0.15, -0.1) is 0 Å². The quantitative estimate of drug-likeness (QED) is 0.550. The second kappa shape index (κ2) is 3.60. The molecule has 16 heavy (non-hydrogen) atoms. The molecule has 0 amide bonds. The number of fused-ring (bicyclic) bond motifs is 2. The van der Waals surface area contributed by atoms with E-state index in [1.165, 1.54) is 16.3 Å². The van der Waals surface area contributed by atoms with Crippen molar-refractivity contribution < 1.29 is 0 Å². The smallest absolute Gasteiger partial charge is 0.0712 e. The summed E-state index contributed by atoms with van der Waals surface area (Å²) in [4.78, 5) is 4.69. The maximum Gasteiger partial charge on any atom is 0.0712 e. The van der Waals surface area contributed by atoms with E-state index in [-0.39, 0.29) is 0 Å². The zero-order chi connectivity index (χ0) is 11.0. The molecule has 0 saturated heterocycles. The molecule has 0 radical (unpaired) electrons. The molecular formula is C15H13N. The van der Waals surface area contributed by atoms with Gasteiger partial charge in [0.15, 0.2) is 0 Å². The van der Waals surface area contributed by atoms with E-state index in [1.807, 2.05) is 12.1 Å². The number of hydrogen-bond donors (Lipinski definition) is 0. The van der Waals surface area contributed by atoms with E-state index in [0.717, 1.165) is 17.5 Å². The van der Waals surface area contributed by atoms with Gasteiger partial charge in [-0.05, 0) is 24.1 Å². The zero-order valence-corrected chi connectivity index (χ0v) is 9.27. The van der Waals surface area contributed by atoms with E-state index < -0.39 is 0 Å². The number of hydrogen-bond acceptors (Lipinski definition) is 1. The molecule has 0 aliphatic heterocycles. The number of pyridine rings is 1. The van der Waals surface area contributed by atoms with Gasteiger partial charge in [-0.2, -0.15) is 0 Å². The molecule has 1 heteroatoms. The minimum absolute atomic E-state index is 1.05. The summed E-state index contributed by atoms with van der Waals surface area (Å²) in [6, 6.07) is 16.7. The van der Waals surface area contributed by atoms with Gasteiger partial charge in [-0.3, -0.25) is 0 Å². The van der Waals surface area contributed by atoms with Crippen LogP contribution >= 0.6 is 0 Å². The molecular weight excluding hydrogens is 194 g/mol. The van der Waals surface area contributed by atoms with E-state index >= 15 is 0 Å². The Labute approximate surface area is 94.7 Å². The summed E-state index contributed by atoms with van der Waals surface area (Å²) in [7, 11) is 0. The van der Waals surface area contributed by atoms with Crippen molar-refractivity contribution in [2.45, 2.75) is 13.3 Å². The summed E-state index contributed by atoms with van der Waals surface area (Å²) < 4.78 is 0. The van der Waals surface area contributed by atoms with Crippen molar-refractivity contribution in [2.75, 3.05) is 0 Å². The largest absolute Gasteiger partial charge is 0.248 e. The highest BCUT2D eigenvalue weighted by Crippen LogP contribution is 2.25. The van der Waals surface area contributed by atoms with Crippen LogP contribution in [0.5, 0.6) is 0 Å². The fourth-order valence-corrected chi connectivity index (χ4v) is 2.31. The van der Waals surface area contributed by atoms with E-state index in [4.69, 9.17) is 0 Å². The molecule has 0 aliphatic carbocycles. The second-order valence-electron chi connectivity index (χ2n) is 3.98. The van der Waals surface area contributed by atoms with Crippen molar-refractivity contribution in [1.82, 2.24) is 4.98 Å². The summed E-state index contributed by atoms with van der Waals surface area (Å²) in [5.41, 5.74) is 3.59. The van der Waals surface area contributed by atoms with Gasteiger partial charge in [0.05, 0.1) is 11.0 Å². The normalized spacial score (nSPS) is 11.1. The zero-order valence-electron chi connectivity index (χ0n) is 9.27. The van der Waals surface area contributed by atoms with Gasteiger partial charge in [-0.1, -0.05) is 43.3 Å². The molecule has 1 nitrogen and oxygen atoms in total. The van der Waals surface area contributed by atoms with Crippen LogP contribution in [0, 0.1) is 0 Å². The van der Waals surface area contributed by atoms with E-state index in [1.54, 1.807) is 0 Å². The molecule has 3 rings (SSSR count). The monoisotopic (exact) mass is 207 g/mol. The SMILES string of the molecule is CCc1c2ccccc2nc2ccccc12. The van der Waals surface area contributed by atoms with E-state index in [2.05, 4.69) is 48.3 Å². The van der Waals surface area contributed by atoms with Gasteiger partial charge in [0, 0.05) is 10.8 Å². The highest BCUT2D eigenvalue weighted by molar-refractivity contribution is 5.97. The van der Waals surface area contributed by atoms with Crippen LogP contribution in [0.2, 0.25) is 0 Å². The summed E-state index contributed by atoms with van der Waals surface area (Å²) in [6.07, 6.45) is 1.05. The van der Waals surface area contributed by atoms with Crippen molar-refractivity contribution in [3.8, 4) is 0 Å². The Morgan fingerprint density at radius 1 is 0.812 bits per heavy atom. The van der Waals surface area contributed by atoms with Gasteiger partial charge in [0.25, 0.3) is 0 Å². The first kappa shape index (κ1) is 9.34. The molecule has 3 aromatic rings. The molecule has 0 N–H and O–H groups in total. The first-order chi connectivity index (χ1) is 7.90. The minimum atomic E-state index is 1.05. The van der Waals surface area contributed by atoms with Crippen LogP contribution in [0.4, 0.5) is 0 Å². The van der Waals surface area contributed by atoms with Crippen molar-refractivity contribution in [3.05, 3.63) is 54.1 Å². The predicted molar refractivity (Wildman–Crippen MR) is 68.6 cm³/mol.